The first-order valence-electron chi connectivity index (χ1n) is 8.73. The number of carbonyl (C=O) groups is 2. The summed E-state index contributed by atoms with van der Waals surface area (Å²) in [5.41, 5.74) is 2.88. The summed E-state index contributed by atoms with van der Waals surface area (Å²) in [7, 11) is 0. The fourth-order valence-corrected chi connectivity index (χ4v) is 5.40. The van der Waals surface area contributed by atoms with Crippen LogP contribution in [-0.2, 0) is 9.59 Å². The van der Waals surface area contributed by atoms with Gasteiger partial charge in [-0.05, 0) is 48.5 Å². The fourth-order valence-electron chi connectivity index (χ4n) is 5.40. The summed E-state index contributed by atoms with van der Waals surface area (Å²) in [4.78, 5) is 25.4. The summed E-state index contributed by atoms with van der Waals surface area (Å²) in [5, 5.41) is 0. The molecule has 2 nitrogen and oxygen atoms in total. The second-order valence-corrected chi connectivity index (χ2v) is 8.66. The summed E-state index contributed by atoms with van der Waals surface area (Å²) in [5.74, 6) is 0.183. The van der Waals surface area contributed by atoms with Crippen molar-refractivity contribution in [1.82, 2.24) is 0 Å². The minimum absolute atomic E-state index is 0.110. The molecule has 0 aromatic rings. The van der Waals surface area contributed by atoms with Gasteiger partial charge in [-0.3, -0.25) is 9.59 Å². The lowest BCUT2D eigenvalue weighted by Gasteiger charge is -2.55. The minimum atomic E-state index is -0.251. The third-order valence-electron chi connectivity index (χ3n) is 6.47. The topological polar surface area (TPSA) is 34.1 Å². The molecule has 3 rings (SSSR count). The molecular formula is C20H28O2. The zero-order valence-electron chi connectivity index (χ0n) is 14.6. The lowest BCUT2D eigenvalue weighted by Crippen LogP contribution is -2.49. The quantitative estimate of drug-likeness (QED) is 0.522. The van der Waals surface area contributed by atoms with Crippen molar-refractivity contribution in [3.63, 3.8) is 0 Å². The number of hydrogen-bond donors (Lipinski definition) is 0. The molecule has 1 fully saturated rings. The van der Waals surface area contributed by atoms with Crippen molar-refractivity contribution in [2.75, 3.05) is 0 Å². The molecule has 0 aromatic heterocycles. The molecule has 0 amide bonds. The molecule has 22 heavy (non-hydrogen) atoms. The Morgan fingerprint density at radius 1 is 1.09 bits per heavy atom. The Morgan fingerprint density at radius 3 is 2.41 bits per heavy atom. The summed E-state index contributed by atoms with van der Waals surface area (Å²) in [6, 6.07) is 0. The van der Waals surface area contributed by atoms with Crippen molar-refractivity contribution in [3.8, 4) is 0 Å². The van der Waals surface area contributed by atoms with Crippen molar-refractivity contribution >= 4 is 11.6 Å². The third-order valence-corrected chi connectivity index (χ3v) is 6.47. The largest absolute Gasteiger partial charge is 0.285 e. The highest BCUT2D eigenvalue weighted by molar-refractivity contribution is 6.50. The van der Waals surface area contributed by atoms with Crippen LogP contribution in [0.1, 0.15) is 66.7 Å². The smallest absolute Gasteiger partial charge is 0.230 e. The number of carbonyl (C=O) groups excluding carboxylic acids is 2. The second kappa shape index (κ2) is 4.91. The third kappa shape index (κ3) is 2.06. The molecule has 2 heteroatoms. The van der Waals surface area contributed by atoms with Gasteiger partial charge in [0, 0.05) is 16.6 Å². The van der Waals surface area contributed by atoms with Crippen LogP contribution in [0.3, 0.4) is 0 Å². The van der Waals surface area contributed by atoms with Crippen LogP contribution in [0.15, 0.2) is 22.8 Å². The van der Waals surface area contributed by atoms with Crippen molar-refractivity contribution in [2.45, 2.75) is 66.7 Å². The molecule has 2 atom stereocenters. The molecule has 120 valence electrons. The van der Waals surface area contributed by atoms with Crippen LogP contribution in [0.4, 0.5) is 0 Å². The van der Waals surface area contributed by atoms with Crippen molar-refractivity contribution in [1.29, 1.82) is 0 Å². The normalized spacial score (nSPS) is 34.5. The van der Waals surface area contributed by atoms with Gasteiger partial charge in [-0.25, -0.2) is 0 Å². The minimum Gasteiger partial charge on any atom is -0.285 e. The van der Waals surface area contributed by atoms with E-state index in [-0.39, 0.29) is 28.3 Å². The lowest BCUT2D eigenvalue weighted by molar-refractivity contribution is -0.134. The Bertz CT molecular complexity index is 603. The van der Waals surface area contributed by atoms with E-state index in [1.807, 2.05) is 19.9 Å². The maximum absolute atomic E-state index is 12.9. The van der Waals surface area contributed by atoms with Gasteiger partial charge in [0.15, 0.2) is 0 Å². The van der Waals surface area contributed by atoms with E-state index in [2.05, 4.69) is 20.8 Å². The summed E-state index contributed by atoms with van der Waals surface area (Å²) >= 11 is 0. The van der Waals surface area contributed by atoms with Gasteiger partial charge in [0.05, 0.1) is 0 Å². The monoisotopic (exact) mass is 300 g/mol. The highest BCUT2D eigenvalue weighted by atomic mass is 16.2. The molecule has 0 bridgehead atoms. The standard InChI is InChI=1S/C20H28O2/c1-12(2)14-11-13-7-8-15-19(3,4)9-6-10-20(15,5)16(13)18(22)17(14)21/h11-12,15H,6-10H2,1-5H3/t15?,20-/m0/s1. The number of ketones is 2. The zero-order chi connectivity index (χ0) is 16.3. The Labute approximate surface area is 134 Å². The predicted molar refractivity (Wildman–Crippen MR) is 88.4 cm³/mol. The molecule has 0 saturated heterocycles. The second-order valence-electron chi connectivity index (χ2n) is 8.66. The number of hydrogen-bond acceptors (Lipinski definition) is 2. The van der Waals surface area contributed by atoms with Crippen LogP contribution >= 0.6 is 0 Å². The van der Waals surface area contributed by atoms with Gasteiger partial charge in [-0.2, -0.15) is 0 Å². The number of Topliss-reactive ketones (excluding diaryl/α,β-unsaturated/α-hetero) is 2. The van der Waals surface area contributed by atoms with Gasteiger partial charge in [-0.1, -0.05) is 47.1 Å². The molecule has 0 N–H and O–H groups in total. The van der Waals surface area contributed by atoms with E-state index in [0.717, 1.165) is 36.8 Å². The average Bonchev–Trinajstić information content (AvgIpc) is 2.40. The fraction of sp³-hybridized carbons (Fsp3) is 0.700. The predicted octanol–water partition coefficient (Wildman–Crippen LogP) is 4.64. The highest BCUT2D eigenvalue weighted by Crippen LogP contribution is 2.60. The first kappa shape index (κ1) is 15.7. The van der Waals surface area contributed by atoms with Gasteiger partial charge in [0.25, 0.3) is 0 Å². The van der Waals surface area contributed by atoms with Crippen molar-refractivity contribution in [2.24, 2.45) is 22.7 Å². The van der Waals surface area contributed by atoms with E-state index in [1.54, 1.807) is 0 Å². The maximum atomic E-state index is 12.9. The van der Waals surface area contributed by atoms with Gasteiger partial charge in [0.2, 0.25) is 11.6 Å². The summed E-state index contributed by atoms with van der Waals surface area (Å²) in [6.45, 7) is 10.9. The SMILES string of the molecule is CC(C)C1=CC2=C(C(=O)C1=O)[C@@]1(C)CCCC(C)(C)C1CC2. The van der Waals surface area contributed by atoms with E-state index >= 15 is 0 Å². The molecule has 0 heterocycles. The molecule has 0 aromatic carbocycles. The van der Waals surface area contributed by atoms with Crippen LogP contribution < -0.4 is 0 Å². The van der Waals surface area contributed by atoms with Gasteiger partial charge in [0.1, 0.15) is 0 Å². The van der Waals surface area contributed by atoms with Gasteiger partial charge in [-0.15, -0.1) is 0 Å². The molecule has 1 saturated carbocycles. The molecule has 3 aliphatic rings. The Hall–Kier alpha value is -1.18. The van der Waals surface area contributed by atoms with Crippen LogP contribution in [0.2, 0.25) is 0 Å². The van der Waals surface area contributed by atoms with E-state index in [4.69, 9.17) is 0 Å². The molecule has 3 aliphatic carbocycles. The molecular weight excluding hydrogens is 272 g/mol. The Morgan fingerprint density at radius 2 is 1.77 bits per heavy atom. The number of fused-ring (bicyclic) bond motifs is 2. The van der Waals surface area contributed by atoms with Crippen LogP contribution in [-0.4, -0.2) is 11.6 Å². The zero-order valence-corrected chi connectivity index (χ0v) is 14.6. The lowest BCUT2D eigenvalue weighted by atomic mass is 9.49. The van der Waals surface area contributed by atoms with Crippen molar-refractivity contribution in [3.05, 3.63) is 22.8 Å². The van der Waals surface area contributed by atoms with Gasteiger partial charge >= 0.3 is 0 Å². The van der Waals surface area contributed by atoms with Crippen molar-refractivity contribution < 1.29 is 9.59 Å². The number of rotatable bonds is 1. The first-order chi connectivity index (χ1) is 10.2. The van der Waals surface area contributed by atoms with Crippen LogP contribution in [0.25, 0.3) is 0 Å². The van der Waals surface area contributed by atoms with E-state index in [1.165, 1.54) is 6.42 Å². The first-order valence-corrected chi connectivity index (χ1v) is 8.73. The Kier molecular flexibility index (Phi) is 3.50. The average molecular weight is 300 g/mol. The molecule has 0 aliphatic heterocycles. The number of allylic oxidation sites excluding steroid dienone is 4. The van der Waals surface area contributed by atoms with E-state index in [9.17, 15) is 9.59 Å². The van der Waals surface area contributed by atoms with Crippen LogP contribution in [0, 0.1) is 22.7 Å². The molecule has 1 unspecified atom stereocenters. The van der Waals surface area contributed by atoms with E-state index in [0.29, 0.717) is 11.5 Å². The molecule has 0 radical (unpaired) electrons. The van der Waals surface area contributed by atoms with E-state index < -0.39 is 0 Å². The van der Waals surface area contributed by atoms with Gasteiger partial charge < -0.3 is 0 Å². The maximum Gasteiger partial charge on any atom is 0.230 e. The van der Waals surface area contributed by atoms with Crippen LogP contribution in [0.5, 0.6) is 0 Å². The highest BCUT2D eigenvalue weighted by Gasteiger charge is 2.53. The molecule has 0 spiro atoms. The summed E-state index contributed by atoms with van der Waals surface area (Å²) < 4.78 is 0. The Balaban J connectivity index is 2.14. The summed E-state index contributed by atoms with van der Waals surface area (Å²) in [6.07, 6.45) is 7.57.